The largest absolute Gasteiger partial charge is 0.349 e. The van der Waals surface area contributed by atoms with Gasteiger partial charge >= 0.3 is 0 Å². The van der Waals surface area contributed by atoms with Gasteiger partial charge in [0.15, 0.2) is 0 Å². The molecular formula is C14H12ClN3OS2. The van der Waals surface area contributed by atoms with Gasteiger partial charge in [0.1, 0.15) is 0 Å². The smallest absolute Gasteiger partial charge is 0.261 e. The monoisotopic (exact) mass is 337 g/mol. The molecule has 3 aromatic heterocycles. The van der Waals surface area contributed by atoms with Crippen LogP contribution in [0, 0.1) is 0 Å². The van der Waals surface area contributed by atoms with Crippen LogP contribution in [0.25, 0.3) is 11.3 Å². The van der Waals surface area contributed by atoms with Crippen LogP contribution in [-0.4, -0.2) is 22.2 Å². The molecule has 0 saturated heterocycles. The lowest BCUT2D eigenvalue weighted by atomic mass is 10.2. The van der Waals surface area contributed by atoms with Gasteiger partial charge in [0.25, 0.3) is 5.91 Å². The van der Waals surface area contributed by atoms with Crippen molar-refractivity contribution in [1.82, 2.24) is 15.1 Å². The Labute approximate surface area is 135 Å². The number of hydrogen-bond donors (Lipinski definition) is 1. The van der Waals surface area contributed by atoms with E-state index in [0.29, 0.717) is 22.3 Å². The van der Waals surface area contributed by atoms with Crippen LogP contribution in [0.5, 0.6) is 0 Å². The molecule has 0 fully saturated rings. The maximum Gasteiger partial charge on any atom is 0.261 e. The van der Waals surface area contributed by atoms with E-state index in [0.717, 1.165) is 11.3 Å². The van der Waals surface area contributed by atoms with Gasteiger partial charge in [0, 0.05) is 23.7 Å². The first-order valence-corrected chi connectivity index (χ1v) is 8.45. The summed E-state index contributed by atoms with van der Waals surface area (Å²) in [6.45, 7) is 1.16. The zero-order chi connectivity index (χ0) is 14.7. The number of halogens is 1. The first-order chi connectivity index (χ1) is 10.2. The van der Waals surface area contributed by atoms with Gasteiger partial charge in [0.2, 0.25) is 0 Å². The van der Waals surface area contributed by atoms with Crippen molar-refractivity contribution < 1.29 is 4.79 Å². The fourth-order valence-electron chi connectivity index (χ4n) is 1.86. The summed E-state index contributed by atoms with van der Waals surface area (Å²) < 4.78 is 2.45. The highest BCUT2D eigenvalue weighted by Gasteiger charge is 2.08. The van der Waals surface area contributed by atoms with Gasteiger partial charge in [-0.15, -0.1) is 11.3 Å². The van der Waals surface area contributed by atoms with Gasteiger partial charge in [-0.3, -0.25) is 9.48 Å². The molecule has 0 saturated carbocycles. The van der Waals surface area contributed by atoms with Crippen LogP contribution < -0.4 is 5.32 Å². The van der Waals surface area contributed by atoms with E-state index in [1.54, 1.807) is 23.5 Å². The second kappa shape index (κ2) is 6.43. The van der Waals surface area contributed by atoms with Crippen LogP contribution in [-0.2, 0) is 6.54 Å². The van der Waals surface area contributed by atoms with Crippen molar-refractivity contribution in [3.8, 4) is 11.3 Å². The number of aromatic nitrogens is 2. The zero-order valence-electron chi connectivity index (χ0n) is 11.0. The lowest BCUT2D eigenvalue weighted by molar-refractivity contribution is 0.0956. The Morgan fingerprint density at radius 2 is 2.24 bits per heavy atom. The van der Waals surface area contributed by atoms with Crippen molar-refractivity contribution in [3.05, 3.63) is 50.4 Å². The molecule has 21 heavy (non-hydrogen) atoms. The Hall–Kier alpha value is -1.63. The zero-order valence-corrected chi connectivity index (χ0v) is 13.3. The minimum absolute atomic E-state index is 0.0999. The van der Waals surface area contributed by atoms with Crippen molar-refractivity contribution >= 4 is 40.2 Å². The first kappa shape index (κ1) is 14.3. The molecule has 3 rings (SSSR count). The quantitative estimate of drug-likeness (QED) is 0.770. The van der Waals surface area contributed by atoms with E-state index in [1.807, 2.05) is 28.4 Å². The van der Waals surface area contributed by atoms with Crippen LogP contribution in [0.2, 0.25) is 4.34 Å². The molecule has 0 radical (unpaired) electrons. The number of hydrogen-bond acceptors (Lipinski definition) is 4. The van der Waals surface area contributed by atoms with E-state index >= 15 is 0 Å². The summed E-state index contributed by atoms with van der Waals surface area (Å²) >= 11 is 8.74. The second-order valence-electron chi connectivity index (χ2n) is 4.34. The molecule has 0 aliphatic rings. The molecule has 0 atom stereocenters. The van der Waals surface area contributed by atoms with Crippen LogP contribution in [0.3, 0.4) is 0 Å². The maximum atomic E-state index is 11.9. The van der Waals surface area contributed by atoms with Gasteiger partial charge in [-0.1, -0.05) is 11.6 Å². The second-order valence-corrected chi connectivity index (χ2v) is 6.83. The summed E-state index contributed by atoms with van der Waals surface area (Å²) in [5.74, 6) is -0.0999. The Balaban J connectivity index is 1.53. The molecule has 4 nitrogen and oxygen atoms in total. The molecule has 1 amide bonds. The minimum Gasteiger partial charge on any atom is -0.349 e. The Morgan fingerprint density at radius 3 is 2.95 bits per heavy atom. The molecule has 0 unspecified atom stereocenters. The number of carbonyl (C=O) groups excluding carboxylic acids is 1. The third-order valence-corrected chi connectivity index (χ3v) is 4.79. The molecule has 0 aromatic carbocycles. The molecule has 0 spiro atoms. The van der Waals surface area contributed by atoms with Gasteiger partial charge in [0.05, 0.1) is 21.5 Å². The summed E-state index contributed by atoms with van der Waals surface area (Å²) in [4.78, 5) is 12.5. The highest BCUT2D eigenvalue weighted by Crippen LogP contribution is 2.21. The van der Waals surface area contributed by atoms with E-state index in [-0.39, 0.29) is 5.91 Å². The van der Waals surface area contributed by atoms with Crippen molar-refractivity contribution in [2.45, 2.75) is 6.54 Å². The van der Waals surface area contributed by atoms with Gasteiger partial charge in [-0.25, -0.2) is 0 Å². The maximum absolute atomic E-state index is 11.9. The van der Waals surface area contributed by atoms with E-state index in [1.165, 1.54) is 11.3 Å². The number of nitrogens with zero attached hydrogens (tertiary/aromatic N) is 2. The third-order valence-electron chi connectivity index (χ3n) is 2.88. The number of thiophene rings is 2. The van der Waals surface area contributed by atoms with Crippen molar-refractivity contribution in [2.24, 2.45) is 0 Å². The summed E-state index contributed by atoms with van der Waals surface area (Å²) in [5, 5.41) is 11.4. The van der Waals surface area contributed by atoms with E-state index in [4.69, 9.17) is 11.6 Å². The summed E-state index contributed by atoms with van der Waals surface area (Å²) in [5.41, 5.74) is 2.07. The van der Waals surface area contributed by atoms with E-state index in [2.05, 4.69) is 15.8 Å². The van der Waals surface area contributed by atoms with Crippen molar-refractivity contribution in [2.75, 3.05) is 6.54 Å². The lowest BCUT2D eigenvalue weighted by Gasteiger charge is -2.03. The predicted molar refractivity (Wildman–Crippen MR) is 87.2 cm³/mol. The molecule has 108 valence electrons. The Bertz CT molecular complexity index is 733. The molecule has 0 aliphatic heterocycles. The summed E-state index contributed by atoms with van der Waals surface area (Å²) in [7, 11) is 0. The fourth-order valence-corrected chi connectivity index (χ4v) is 3.47. The molecule has 3 heterocycles. The predicted octanol–water partition coefficient (Wildman–Crippen LogP) is 3.76. The molecule has 3 aromatic rings. The summed E-state index contributed by atoms with van der Waals surface area (Å²) in [6, 6.07) is 7.47. The molecular weight excluding hydrogens is 326 g/mol. The molecule has 0 bridgehead atoms. The van der Waals surface area contributed by atoms with Gasteiger partial charge < -0.3 is 5.32 Å². The number of carbonyl (C=O) groups is 1. The number of rotatable bonds is 5. The Kier molecular flexibility index (Phi) is 4.38. The summed E-state index contributed by atoms with van der Waals surface area (Å²) in [6.07, 6.45) is 1.92. The number of amides is 1. The van der Waals surface area contributed by atoms with Crippen LogP contribution in [0.15, 0.2) is 41.2 Å². The Morgan fingerprint density at radius 1 is 1.33 bits per heavy atom. The number of nitrogens with one attached hydrogen (secondary N) is 1. The highest BCUT2D eigenvalue weighted by atomic mass is 35.5. The third kappa shape index (κ3) is 3.53. The van der Waals surface area contributed by atoms with E-state index in [9.17, 15) is 4.79 Å². The normalized spacial score (nSPS) is 10.7. The standard InChI is InChI=1S/C14H12ClN3OS2/c15-13-2-1-12(21-13)14(19)16-5-7-18-6-3-11(17-18)10-4-8-20-9-10/h1-4,6,8-9H,5,7H2,(H,16,19). The van der Waals surface area contributed by atoms with Crippen LogP contribution >= 0.6 is 34.3 Å². The van der Waals surface area contributed by atoms with Crippen molar-refractivity contribution in [1.29, 1.82) is 0 Å². The lowest BCUT2D eigenvalue weighted by Crippen LogP contribution is -2.26. The van der Waals surface area contributed by atoms with Crippen LogP contribution in [0.4, 0.5) is 0 Å². The van der Waals surface area contributed by atoms with E-state index < -0.39 is 0 Å². The molecule has 1 N–H and O–H groups in total. The minimum atomic E-state index is -0.0999. The first-order valence-electron chi connectivity index (χ1n) is 6.32. The topological polar surface area (TPSA) is 46.9 Å². The highest BCUT2D eigenvalue weighted by molar-refractivity contribution is 7.18. The average molecular weight is 338 g/mol. The molecule has 0 aliphatic carbocycles. The van der Waals surface area contributed by atoms with Crippen LogP contribution in [0.1, 0.15) is 9.67 Å². The molecule has 7 heteroatoms. The van der Waals surface area contributed by atoms with Gasteiger partial charge in [-0.05, 0) is 29.6 Å². The average Bonchev–Trinajstić information content (AvgIpc) is 3.19. The SMILES string of the molecule is O=C(NCCn1ccc(-c2ccsc2)n1)c1ccc(Cl)s1. The van der Waals surface area contributed by atoms with Crippen molar-refractivity contribution in [3.63, 3.8) is 0 Å². The van der Waals surface area contributed by atoms with Gasteiger partial charge in [-0.2, -0.15) is 16.4 Å². The fraction of sp³-hybridized carbons (Fsp3) is 0.143.